The lowest BCUT2D eigenvalue weighted by molar-refractivity contribution is -0.139. The zero-order chi connectivity index (χ0) is 16.4. The number of piperazine rings is 1. The maximum absolute atomic E-state index is 12.7. The topological polar surface area (TPSA) is 43.9 Å². The number of amides is 2. The second-order valence-electron chi connectivity index (χ2n) is 6.69. The lowest BCUT2D eigenvalue weighted by Crippen LogP contribution is -2.52. The molecule has 5 heteroatoms. The van der Waals surface area contributed by atoms with E-state index < -0.39 is 0 Å². The number of hydrogen-bond donors (Lipinski definition) is 0. The van der Waals surface area contributed by atoms with E-state index in [1.807, 2.05) is 53.1 Å². The molecule has 2 amide bonds. The molecule has 1 saturated heterocycles. The van der Waals surface area contributed by atoms with Crippen molar-refractivity contribution in [3.63, 3.8) is 0 Å². The van der Waals surface area contributed by atoms with Crippen molar-refractivity contribution < 1.29 is 9.59 Å². The molecule has 3 rings (SSSR count). The number of nitrogens with zero attached hydrogens (tertiary/aromatic N) is 3. The fourth-order valence-corrected chi connectivity index (χ4v) is 3.14. The fourth-order valence-electron chi connectivity index (χ4n) is 3.14. The smallest absolute Gasteiger partial charge is 0.254 e. The summed E-state index contributed by atoms with van der Waals surface area (Å²) in [4.78, 5) is 30.7. The Morgan fingerprint density at radius 1 is 1.04 bits per heavy atom. The first-order valence-electron chi connectivity index (χ1n) is 8.41. The highest BCUT2D eigenvalue weighted by atomic mass is 16.2. The summed E-state index contributed by atoms with van der Waals surface area (Å²) in [6.45, 7) is 2.58. The Labute approximate surface area is 137 Å². The quantitative estimate of drug-likeness (QED) is 0.855. The van der Waals surface area contributed by atoms with E-state index in [-0.39, 0.29) is 17.7 Å². The van der Waals surface area contributed by atoms with Crippen LogP contribution in [0.4, 0.5) is 5.69 Å². The molecule has 1 heterocycles. The highest BCUT2D eigenvalue weighted by molar-refractivity contribution is 5.95. The van der Waals surface area contributed by atoms with E-state index in [4.69, 9.17) is 0 Å². The van der Waals surface area contributed by atoms with Crippen LogP contribution >= 0.6 is 0 Å². The SMILES string of the molecule is CN(C)c1cccc(C(=O)N2CCN(C(=O)C3CCC3)CC2)c1. The summed E-state index contributed by atoms with van der Waals surface area (Å²) in [6.07, 6.45) is 3.25. The molecule has 0 bridgehead atoms. The van der Waals surface area contributed by atoms with E-state index in [0.717, 1.165) is 24.1 Å². The Morgan fingerprint density at radius 3 is 2.26 bits per heavy atom. The minimum absolute atomic E-state index is 0.0597. The van der Waals surface area contributed by atoms with Gasteiger partial charge in [-0.3, -0.25) is 9.59 Å². The van der Waals surface area contributed by atoms with Crippen molar-refractivity contribution in [2.75, 3.05) is 45.2 Å². The first-order chi connectivity index (χ1) is 11.1. The number of hydrogen-bond acceptors (Lipinski definition) is 3. The van der Waals surface area contributed by atoms with Crippen LogP contribution in [0.5, 0.6) is 0 Å². The first-order valence-corrected chi connectivity index (χ1v) is 8.41. The molecule has 2 aliphatic rings. The largest absolute Gasteiger partial charge is 0.378 e. The number of carbonyl (C=O) groups excluding carboxylic acids is 2. The number of rotatable bonds is 3. The lowest BCUT2D eigenvalue weighted by Gasteiger charge is -2.38. The summed E-state index contributed by atoms with van der Waals surface area (Å²) < 4.78 is 0. The molecule has 1 saturated carbocycles. The average Bonchev–Trinajstić information content (AvgIpc) is 2.52. The molecule has 5 nitrogen and oxygen atoms in total. The third-order valence-electron chi connectivity index (χ3n) is 4.94. The van der Waals surface area contributed by atoms with E-state index in [0.29, 0.717) is 26.2 Å². The first kappa shape index (κ1) is 15.8. The van der Waals surface area contributed by atoms with Gasteiger partial charge < -0.3 is 14.7 Å². The molecule has 124 valence electrons. The summed E-state index contributed by atoms with van der Waals surface area (Å²) in [6, 6.07) is 7.69. The molecular formula is C18H25N3O2. The standard InChI is InChI=1S/C18H25N3O2/c1-19(2)16-8-4-7-15(13-16)18(23)21-11-9-20(10-12-21)17(22)14-5-3-6-14/h4,7-8,13-14H,3,5-6,9-12H2,1-2H3. The zero-order valence-corrected chi connectivity index (χ0v) is 14.0. The summed E-state index contributed by atoms with van der Waals surface area (Å²) in [5.74, 6) is 0.594. The zero-order valence-electron chi connectivity index (χ0n) is 14.0. The minimum Gasteiger partial charge on any atom is -0.378 e. The van der Waals surface area contributed by atoms with Crippen molar-refractivity contribution in [1.29, 1.82) is 0 Å². The van der Waals surface area contributed by atoms with Crippen molar-refractivity contribution in [3.8, 4) is 0 Å². The van der Waals surface area contributed by atoms with Crippen LogP contribution in [0.15, 0.2) is 24.3 Å². The predicted molar refractivity (Wildman–Crippen MR) is 90.6 cm³/mol. The van der Waals surface area contributed by atoms with Crippen molar-refractivity contribution in [1.82, 2.24) is 9.80 Å². The second kappa shape index (κ2) is 6.60. The third kappa shape index (κ3) is 3.33. The maximum atomic E-state index is 12.7. The summed E-state index contributed by atoms with van der Waals surface area (Å²) in [7, 11) is 3.93. The number of anilines is 1. The van der Waals surface area contributed by atoms with Crippen LogP contribution in [0.3, 0.4) is 0 Å². The monoisotopic (exact) mass is 315 g/mol. The van der Waals surface area contributed by atoms with Crippen molar-refractivity contribution >= 4 is 17.5 Å². The Balaban J connectivity index is 1.59. The van der Waals surface area contributed by atoms with Gasteiger partial charge in [-0.1, -0.05) is 12.5 Å². The van der Waals surface area contributed by atoms with E-state index in [2.05, 4.69) is 0 Å². The molecule has 0 N–H and O–H groups in total. The molecule has 2 fully saturated rings. The molecule has 0 atom stereocenters. The van der Waals surface area contributed by atoms with Gasteiger partial charge >= 0.3 is 0 Å². The van der Waals surface area contributed by atoms with Gasteiger partial charge in [0.1, 0.15) is 0 Å². The van der Waals surface area contributed by atoms with E-state index in [9.17, 15) is 9.59 Å². The van der Waals surface area contributed by atoms with Crippen LogP contribution in [0.25, 0.3) is 0 Å². The highest BCUT2D eigenvalue weighted by Crippen LogP contribution is 2.28. The van der Waals surface area contributed by atoms with E-state index in [1.54, 1.807) is 0 Å². The molecule has 23 heavy (non-hydrogen) atoms. The molecule has 0 spiro atoms. The van der Waals surface area contributed by atoms with Gasteiger partial charge in [-0.05, 0) is 31.0 Å². The number of carbonyl (C=O) groups is 2. The molecule has 0 radical (unpaired) electrons. The average molecular weight is 315 g/mol. The van der Waals surface area contributed by atoms with Gasteiger partial charge in [-0.15, -0.1) is 0 Å². The van der Waals surface area contributed by atoms with Gasteiger partial charge in [0.25, 0.3) is 5.91 Å². The van der Waals surface area contributed by atoms with Gasteiger partial charge in [0.15, 0.2) is 0 Å². The van der Waals surface area contributed by atoms with Crippen LogP contribution in [0.2, 0.25) is 0 Å². The Morgan fingerprint density at radius 2 is 1.70 bits per heavy atom. The van der Waals surface area contributed by atoms with E-state index >= 15 is 0 Å². The molecule has 1 aromatic rings. The van der Waals surface area contributed by atoms with Crippen LogP contribution in [0.1, 0.15) is 29.6 Å². The number of benzene rings is 1. The summed E-state index contributed by atoms with van der Waals surface area (Å²) >= 11 is 0. The Kier molecular flexibility index (Phi) is 4.55. The molecule has 0 unspecified atom stereocenters. The molecule has 0 aromatic heterocycles. The van der Waals surface area contributed by atoms with Gasteiger partial charge in [0, 0.05) is 57.4 Å². The molecular weight excluding hydrogens is 290 g/mol. The Bertz CT molecular complexity index is 588. The van der Waals surface area contributed by atoms with Crippen molar-refractivity contribution in [2.24, 2.45) is 5.92 Å². The molecule has 1 aliphatic carbocycles. The normalized spacial score (nSPS) is 18.5. The highest BCUT2D eigenvalue weighted by Gasteiger charge is 2.32. The maximum Gasteiger partial charge on any atom is 0.254 e. The second-order valence-corrected chi connectivity index (χ2v) is 6.69. The van der Waals surface area contributed by atoms with Crippen LogP contribution in [-0.4, -0.2) is 61.9 Å². The fraction of sp³-hybridized carbons (Fsp3) is 0.556. The van der Waals surface area contributed by atoms with Crippen LogP contribution < -0.4 is 4.90 Å². The van der Waals surface area contributed by atoms with Gasteiger partial charge in [-0.25, -0.2) is 0 Å². The van der Waals surface area contributed by atoms with Gasteiger partial charge in [0.2, 0.25) is 5.91 Å². The van der Waals surface area contributed by atoms with Crippen LogP contribution in [-0.2, 0) is 4.79 Å². The minimum atomic E-state index is 0.0597. The van der Waals surface area contributed by atoms with Crippen molar-refractivity contribution in [3.05, 3.63) is 29.8 Å². The summed E-state index contributed by atoms with van der Waals surface area (Å²) in [5, 5.41) is 0. The van der Waals surface area contributed by atoms with Crippen molar-refractivity contribution in [2.45, 2.75) is 19.3 Å². The summed E-state index contributed by atoms with van der Waals surface area (Å²) in [5.41, 5.74) is 1.74. The van der Waals surface area contributed by atoms with Crippen LogP contribution in [0, 0.1) is 5.92 Å². The Hall–Kier alpha value is -2.04. The van der Waals surface area contributed by atoms with E-state index in [1.165, 1.54) is 6.42 Å². The van der Waals surface area contributed by atoms with Gasteiger partial charge in [-0.2, -0.15) is 0 Å². The third-order valence-corrected chi connectivity index (χ3v) is 4.94. The molecule has 1 aromatic carbocycles. The lowest BCUT2D eigenvalue weighted by atomic mass is 9.84. The van der Waals surface area contributed by atoms with Gasteiger partial charge in [0.05, 0.1) is 0 Å². The predicted octanol–water partition coefficient (Wildman–Crippen LogP) is 1.84. The molecule has 1 aliphatic heterocycles.